The monoisotopic (exact) mass is 341 g/mol. The SMILES string of the molecule is Nc1ccc(-c2nnc3n2N=CC(c2ccc(Cl)cc2)S3)cc1. The lowest BCUT2D eigenvalue weighted by atomic mass is 10.1. The van der Waals surface area contributed by atoms with Gasteiger partial charge in [-0.25, -0.2) is 0 Å². The van der Waals surface area contributed by atoms with Gasteiger partial charge in [0.2, 0.25) is 5.16 Å². The van der Waals surface area contributed by atoms with Crippen molar-refractivity contribution in [1.29, 1.82) is 0 Å². The van der Waals surface area contributed by atoms with Gasteiger partial charge in [0.1, 0.15) is 0 Å². The van der Waals surface area contributed by atoms with Gasteiger partial charge in [-0.05, 0) is 42.0 Å². The van der Waals surface area contributed by atoms with E-state index in [1.54, 1.807) is 16.4 Å². The molecule has 4 rings (SSSR count). The number of rotatable bonds is 2. The smallest absolute Gasteiger partial charge is 0.213 e. The summed E-state index contributed by atoms with van der Waals surface area (Å²) in [6.07, 6.45) is 1.89. The fourth-order valence-corrected chi connectivity index (χ4v) is 3.42. The maximum Gasteiger partial charge on any atom is 0.213 e. The second-order valence-electron chi connectivity index (χ2n) is 5.09. The predicted molar refractivity (Wildman–Crippen MR) is 93.8 cm³/mol. The lowest BCUT2D eigenvalue weighted by Crippen LogP contribution is -2.07. The van der Waals surface area contributed by atoms with Gasteiger partial charge < -0.3 is 5.73 Å². The zero-order valence-electron chi connectivity index (χ0n) is 11.9. The first-order valence-corrected chi connectivity index (χ1v) is 8.24. The van der Waals surface area contributed by atoms with E-state index in [-0.39, 0.29) is 5.25 Å². The van der Waals surface area contributed by atoms with Crippen LogP contribution in [0.2, 0.25) is 5.02 Å². The first-order valence-electron chi connectivity index (χ1n) is 6.98. The van der Waals surface area contributed by atoms with E-state index >= 15 is 0 Å². The average molecular weight is 342 g/mol. The largest absolute Gasteiger partial charge is 0.399 e. The molecule has 1 unspecified atom stereocenters. The van der Waals surface area contributed by atoms with E-state index in [1.807, 2.05) is 54.7 Å². The predicted octanol–water partition coefficient (Wildman–Crippen LogP) is 3.86. The zero-order chi connectivity index (χ0) is 15.8. The molecule has 0 spiro atoms. The third-order valence-corrected chi connectivity index (χ3v) is 4.89. The number of benzene rings is 2. The molecule has 1 atom stereocenters. The van der Waals surface area contributed by atoms with Crippen molar-refractivity contribution in [3.05, 3.63) is 59.1 Å². The molecule has 5 nitrogen and oxygen atoms in total. The van der Waals surface area contributed by atoms with Crippen molar-refractivity contribution in [2.45, 2.75) is 10.4 Å². The van der Waals surface area contributed by atoms with E-state index in [4.69, 9.17) is 17.3 Å². The number of aromatic nitrogens is 3. The number of nitrogen functional groups attached to an aromatic ring is 1. The Hall–Kier alpha value is -2.31. The third kappa shape index (κ3) is 2.71. The van der Waals surface area contributed by atoms with Crippen LogP contribution in [0.1, 0.15) is 10.8 Å². The summed E-state index contributed by atoms with van der Waals surface area (Å²) in [5.41, 5.74) is 8.50. The first-order chi connectivity index (χ1) is 11.2. The van der Waals surface area contributed by atoms with Crippen molar-refractivity contribution in [3.8, 4) is 11.4 Å². The Morgan fingerprint density at radius 1 is 1.00 bits per heavy atom. The van der Waals surface area contributed by atoms with Crippen molar-refractivity contribution in [2.24, 2.45) is 5.10 Å². The van der Waals surface area contributed by atoms with Crippen LogP contribution in [0, 0.1) is 0 Å². The molecule has 1 aliphatic heterocycles. The Bertz CT molecular complexity index is 870. The van der Waals surface area contributed by atoms with Gasteiger partial charge in [0.25, 0.3) is 0 Å². The van der Waals surface area contributed by atoms with Crippen molar-refractivity contribution in [2.75, 3.05) is 5.73 Å². The van der Waals surface area contributed by atoms with Gasteiger partial charge in [-0.2, -0.15) is 9.78 Å². The molecule has 0 aliphatic carbocycles. The molecular formula is C16H12ClN5S. The van der Waals surface area contributed by atoms with Crippen LogP contribution in [0.25, 0.3) is 11.4 Å². The highest BCUT2D eigenvalue weighted by Crippen LogP contribution is 2.37. The minimum Gasteiger partial charge on any atom is -0.399 e. The normalized spacial score (nSPS) is 16.3. The van der Waals surface area contributed by atoms with E-state index in [0.717, 1.165) is 21.3 Å². The maximum atomic E-state index is 5.94. The number of nitrogens with zero attached hydrogens (tertiary/aromatic N) is 4. The lowest BCUT2D eigenvalue weighted by molar-refractivity contribution is 0.759. The highest BCUT2D eigenvalue weighted by Gasteiger charge is 2.23. The fraction of sp³-hybridized carbons (Fsp3) is 0.0625. The molecule has 1 aliphatic rings. The molecule has 2 aromatic carbocycles. The summed E-state index contributed by atoms with van der Waals surface area (Å²) in [6.45, 7) is 0. The summed E-state index contributed by atoms with van der Waals surface area (Å²) in [7, 11) is 0. The van der Waals surface area contributed by atoms with Gasteiger partial charge in [0.15, 0.2) is 5.82 Å². The molecule has 0 saturated heterocycles. The lowest BCUT2D eigenvalue weighted by Gasteiger charge is -2.16. The number of hydrogen-bond acceptors (Lipinski definition) is 5. The Morgan fingerprint density at radius 3 is 2.48 bits per heavy atom. The molecule has 3 aromatic rings. The summed E-state index contributed by atoms with van der Waals surface area (Å²) in [5.74, 6) is 0.707. The second kappa shape index (κ2) is 5.72. The molecular weight excluding hydrogens is 330 g/mol. The number of hydrogen-bond donors (Lipinski definition) is 1. The van der Waals surface area contributed by atoms with E-state index in [9.17, 15) is 0 Å². The third-order valence-electron chi connectivity index (χ3n) is 3.53. The van der Waals surface area contributed by atoms with E-state index in [2.05, 4.69) is 15.3 Å². The summed E-state index contributed by atoms with van der Waals surface area (Å²) < 4.78 is 1.75. The summed E-state index contributed by atoms with van der Waals surface area (Å²) in [4.78, 5) is 0. The highest BCUT2D eigenvalue weighted by molar-refractivity contribution is 8.00. The molecule has 2 heterocycles. The van der Waals surface area contributed by atoms with E-state index in [1.165, 1.54) is 0 Å². The van der Waals surface area contributed by atoms with Crippen LogP contribution >= 0.6 is 23.4 Å². The highest BCUT2D eigenvalue weighted by atomic mass is 35.5. The molecule has 0 bridgehead atoms. The summed E-state index contributed by atoms with van der Waals surface area (Å²) in [5, 5.41) is 14.6. The van der Waals surface area contributed by atoms with Crippen LogP contribution in [0.3, 0.4) is 0 Å². The Morgan fingerprint density at radius 2 is 1.74 bits per heavy atom. The topological polar surface area (TPSA) is 69.1 Å². The van der Waals surface area contributed by atoms with Crippen LogP contribution in [-0.4, -0.2) is 21.1 Å². The molecule has 0 fully saturated rings. The maximum absolute atomic E-state index is 5.94. The molecule has 0 radical (unpaired) electrons. The Labute approximate surface area is 142 Å². The molecule has 23 heavy (non-hydrogen) atoms. The molecule has 1 aromatic heterocycles. The molecule has 0 saturated carbocycles. The van der Waals surface area contributed by atoms with Crippen LogP contribution in [0.5, 0.6) is 0 Å². The second-order valence-corrected chi connectivity index (χ2v) is 6.64. The molecule has 0 amide bonds. The number of nitrogens with two attached hydrogens (primary N) is 1. The van der Waals surface area contributed by atoms with Gasteiger partial charge in [-0.15, -0.1) is 10.2 Å². The van der Waals surface area contributed by atoms with E-state index < -0.39 is 0 Å². The summed E-state index contributed by atoms with van der Waals surface area (Å²) >= 11 is 7.54. The average Bonchev–Trinajstić information content (AvgIpc) is 2.99. The van der Waals surface area contributed by atoms with Crippen molar-refractivity contribution < 1.29 is 0 Å². The standard InChI is InChI=1S/C16H12ClN5S/c17-12-5-1-10(2-6-12)14-9-19-22-15(20-21-16(22)23-14)11-3-7-13(18)8-4-11/h1-9,14H,18H2. The zero-order valence-corrected chi connectivity index (χ0v) is 13.5. The van der Waals surface area contributed by atoms with Crippen molar-refractivity contribution >= 4 is 35.3 Å². The fourth-order valence-electron chi connectivity index (χ4n) is 2.33. The van der Waals surface area contributed by atoms with Gasteiger partial charge in [-0.1, -0.05) is 35.5 Å². The van der Waals surface area contributed by atoms with Crippen LogP contribution in [0.4, 0.5) is 5.69 Å². The van der Waals surface area contributed by atoms with Gasteiger partial charge in [0, 0.05) is 22.5 Å². The molecule has 7 heteroatoms. The Kier molecular flexibility index (Phi) is 3.55. The minimum absolute atomic E-state index is 0.100. The van der Waals surface area contributed by atoms with Gasteiger partial charge in [0.05, 0.1) is 5.25 Å². The van der Waals surface area contributed by atoms with Crippen LogP contribution < -0.4 is 5.73 Å². The van der Waals surface area contributed by atoms with Crippen molar-refractivity contribution in [3.63, 3.8) is 0 Å². The summed E-state index contributed by atoms with van der Waals surface area (Å²) in [6, 6.07) is 15.3. The van der Waals surface area contributed by atoms with Crippen LogP contribution in [-0.2, 0) is 0 Å². The van der Waals surface area contributed by atoms with Crippen LogP contribution in [0.15, 0.2) is 58.8 Å². The Balaban J connectivity index is 1.66. The first kappa shape index (κ1) is 14.3. The van der Waals surface area contributed by atoms with Gasteiger partial charge >= 0.3 is 0 Å². The van der Waals surface area contributed by atoms with E-state index in [0.29, 0.717) is 11.5 Å². The number of fused-ring (bicyclic) bond motifs is 1. The minimum atomic E-state index is 0.100. The quantitative estimate of drug-likeness (QED) is 0.718. The van der Waals surface area contributed by atoms with Gasteiger partial charge in [-0.3, -0.25) is 0 Å². The number of thioether (sulfide) groups is 1. The number of halogens is 1. The van der Waals surface area contributed by atoms with Crippen molar-refractivity contribution in [1.82, 2.24) is 14.9 Å². The molecule has 114 valence electrons. The number of anilines is 1. The molecule has 2 N–H and O–H groups in total.